The summed E-state index contributed by atoms with van der Waals surface area (Å²) in [5.74, 6) is -0.298. The van der Waals surface area contributed by atoms with Crippen LogP contribution in [0.15, 0.2) is 60.0 Å². The third-order valence-corrected chi connectivity index (χ3v) is 5.82. The Hall–Kier alpha value is -3.19. The molecule has 4 rings (SSSR count). The number of thiazole rings is 1. The fraction of sp³-hybridized carbons (Fsp3) is 0.261. The van der Waals surface area contributed by atoms with Crippen LogP contribution in [0.2, 0.25) is 0 Å². The van der Waals surface area contributed by atoms with Crippen molar-refractivity contribution in [3.05, 3.63) is 76.2 Å². The Bertz CT molecular complexity index is 1030. The van der Waals surface area contributed by atoms with Crippen molar-refractivity contribution >= 4 is 34.6 Å². The van der Waals surface area contributed by atoms with Crippen LogP contribution >= 0.6 is 11.3 Å². The predicted octanol–water partition coefficient (Wildman–Crippen LogP) is 4.26. The topological polar surface area (TPSA) is 62.7 Å². The number of hydrogen-bond donors (Lipinski definition) is 0. The Morgan fingerprint density at radius 1 is 1.07 bits per heavy atom. The van der Waals surface area contributed by atoms with Gasteiger partial charge in [-0.15, -0.1) is 11.3 Å². The highest BCUT2D eigenvalue weighted by molar-refractivity contribution is 7.11. The molecule has 6 nitrogen and oxygen atoms in total. The highest BCUT2D eigenvalue weighted by Crippen LogP contribution is 2.34. The van der Waals surface area contributed by atoms with Gasteiger partial charge in [0.1, 0.15) is 0 Å². The van der Waals surface area contributed by atoms with Crippen molar-refractivity contribution in [2.24, 2.45) is 0 Å². The third kappa shape index (κ3) is 4.36. The molecule has 0 saturated carbocycles. The summed E-state index contributed by atoms with van der Waals surface area (Å²) in [7, 11) is 0. The number of benzene rings is 2. The van der Waals surface area contributed by atoms with Gasteiger partial charge in [0.25, 0.3) is 0 Å². The number of esters is 1. The molecule has 1 aliphatic heterocycles. The summed E-state index contributed by atoms with van der Waals surface area (Å²) >= 11 is 1.29. The van der Waals surface area contributed by atoms with E-state index in [-0.39, 0.29) is 5.91 Å². The van der Waals surface area contributed by atoms with E-state index in [4.69, 9.17) is 4.74 Å². The zero-order valence-electron chi connectivity index (χ0n) is 16.8. The lowest BCUT2D eigenvalue weighted by atomic mass is 10.1. The van der Waals surface area contributed by atoms with Crippen LogP contribution < -0.4 is 9.80 Å². The minimum Gasteiger partial charge on any atom is -0.461 e. The average molecular weight is 422 g/mol. The van der Waals surface area contributed by atoms with Gasteiger partial charge < -0.3 is 14.5 Å². The van der Waals surface area contributed by atoms with E-state index in [1.807, 2.05) is 64.9 Å². The number of aromatic nitrogens is 1. The summed E-state index contributed by atoms with van der Waals surface area (Å²) in [6, 6.07) is 18.0. The van der Waals surface area contributed by atoms with Crippen molar-refractivity contribution in [3.8, 4) is 0 Å². The first kappa shape index (κ1) is 20.1. The number of hydrogen-bond acceptors (Lipinski definition) is 6. The number of ether oxygens (including phenoxy) is 1. The maximum Gasteiger partial charge on any atom is 0.367 e. The second-order valence-electron chi connectivity index (χ2n) is 6.99. The van der Waals surface area contributed by atoms with Crippen molar-refractivity contribution in [3.63, 3.8) is 0 Å². The van der Waals surface area contributed by atoms with Gasteiger partial charge in [-0.05, 0) is 24.6 Å². The molecule has 0 unspecified atom stereocenters. The normalized spacial score (nSPS) is 13.7. The number of carbonyl (C=O) groups excluding carboxylic acids is 2. The minimum atomic E-state index is -0.394. The van der Waals surface area contributed by atoms with E-state index in [2.05, 4.69) is 9.88 Å². The lowest BCUT2D eigenvalue weighted by Gasteiger charge is -2.26. The van der Waals surface area contributed by atoms with Gasteiger partial charge in [0.2, 0.25) is 10.9 Å². The fourth-order valence-corrected chi connectivity index (χ4v) is 4.25. The second kappa shape index (κ2) is 9.09. The Labute approximate surface area is 179 Å². The van der Waals surface area contributed by atoms with Crippen molar-refractivity contribution in [2.75, 3.05) is 23.0 Å². The Morgan fingerprint density at radius 3 is 2.57 bits per heavy atom. The van der Waals surface area contributed by atoms with Gasteiger partial charge in [-0.25, -0.2) is 9.78 Å². The predicted molar refractivity (Wildman–Crippen MR) is 118 cm³/mol. The molecule has 0 saturated heterocycles. The molecule has 1 amide bonds. The van der Waals surface area contributed by atoms with E-state index < -0.39 is 5.97 Å². The van der Waals surface area contributed by atoms with E-state index in [1.54, 1.807) is 6.92 Å². The average Bonchev–Trinajstić information content (AvgIpc) is 3.20. The molecule has 3 aromatic rings. The maximum atomic E-state index is 13.0. The zero-order valence-corrected chi connectivity index (χ0v) is 17.6. The van der Waals surface area contributed by atoms with Crippen LogP contribution in [0.4, 0.5) is 11.4 Å². The number of nitrogens with zero attached hydrogens (tertiary/aromatic N) is 3. The van der Waals surface area contributed by atoms with Gasteiger partial charge in [0.15, 0.2) is 0 Å². The zero-order chi connectivity index (χ0) is 20.9. The molecule has 0 N–H and O–H groups in total. The van der Waals surface area contributed by atoms with Crippen LogP contribution in [0.1, 0.15) is 34.4 Å². The standard InChI is InChI=1S/C23H23N3O3S/c1-2-29-23(28)22-24-18(16-30-22)15-25-13-12-21(27)26(14-17-8-4-3-5-9-17)20-11-7-6-10-19(20)25/h3-11,16H,2,12-15H2,1H3. The van der Waals surface area contributed by atoms with E-state index in [1.165, 1.54) is 11.3 Å². The number of anilines is 2. The summed E-state index contributed by atoms with van der Waals surface area (Å²) in [6.45, 7) is 3.76. The molecular weight excluding hydrogens is 398 g/mol. The van der Waals surface area contributed by atoms with Crippen molar-refractivity contribution in [1.82, 2.24) is 4.98 Å². The molecular formula is C23H23N3O3S. The van der Waals surface area contributed by atoms with E-state index in [0.29, 0.717) is 37.7 Å². The third-order valence-electron chi connectivity index (χ3n) is 4.95. The largest absolute Gasteiger partial charge is 0.461 e. The number of fused-ring (bicyclic) bond motifs is 1. The molecule has 0 fully saturated rings. The lowest BCUT2D eigenvalue weighted by molar-refractivity contribution is -0.118. The Kier molecular flexibility index (Phi) is 6.09. The quantitative estimate of drug-likeness (QED) is 0.557. The van der Waals surface area contributed by atoms with Gasteiger partial charge in [-0.2, -0.15) is 0 Å². The summed E-state index contributed by atoms with van der Waals surface area (Å²) in [4.78, 5) is 33.3. The first-order valence-electron chi connectivity index (χ1n) is 9.95. The Balaban J connectivity index is 1.60. The summed E-state index contributed by atoms with van der Waals surface area (Å²) < 4.78 is 5.04. The summed E-state index contributed by atoms with van der Waals surface area (Å²) in [5, 5.41) is 2.24. The molecule has 2 aromatic carbocycles. The van der Waals surface area contributed by atoms with Crippen LogP contribution in [-0.4, -0.2) is 30.0 Å². The van der Waals surface area contributed by atoms with E-state index >= 15 is 0 Å². The van der Waals surface area contributed by atoms with Crippen LogP contribution in [0.25, 0.3) is 0 Å². The summed E-state index contributed by atoms with van der Waals surface area (Å²) in [6.07, 6.45) is 0.413. The molecule has 2 heterocycles. The van der Waals surface area contributed by atoms with Crippen LogP contribution in [0.5, 0.6) is 0 Å². The molecule has 1 aromatic heterocycles. The lowest BCUT2D eigenvalue weighted by Crippen LogP contribution is -2.29. The molecule has 1 aliphatic rings. The molecule has 0 aliphatic carbocycles. The summed E-state index contributed by atoms with van der Waals surface area (Å²) in [5.41, 5.74) is 3.77. The van der Waals surface area contributed by atoms with Gasteiger partial charge >= 0.3 is 5.97 Å². The molecule has 0 radical (unpaired) electrons. The van der Waals surface area contributed by atoms with Crippen LogP contribution in [0.3, 0.4) is 0 Å². The van der Waals surface area contributed by atoms with Crippen molar-refractivity contribution in [1.29, 1.82) is 0 Å². The maximum absolute atomic E-state index is 13.0. The smallest absolute Gasteiger partial charge is 0.367 e. The Morgan fingerprint density at radius 2 is 1.80 bits per heavy atom. The highest BCUT2D eigenvalue weighted by atomic mass is 32.1. The monoisotopic (exact) mass is 421 g/mol. The number of amides is 1. The van der Waals surface area contributed by atoms with Crippen LogP contribution in [-0.2, 0) is 22.6 Å². The van der Waals surface area contributed by atoms with E-state index in [9.17, 15) is 9.59 Å². The first-order valence-corrected chi connectivity index (χ1v) is 10.8. The van der Waals surface area contributed by atoms with Crippen molar-refractivity contribution in [2.45, 2.75) is 26.4 Å². The van der Waals surface area contributed by atoms with E-state index in [0.717, 1.165) is 22.6 Å². The van der Waals surface area contributed by atoms with Gasteiger partial charge in [-0.1, -0.05) is 42.5 Å². The molecule has 7 heteroatoms. The minimum absolute atomic E-state index is 0.0966. The number of carbonyl (C=O) groups is 2. The molecule has 0 spiro atoms. The second-order valence-corrected chi connectivity index (χ2v) is 7.85. The van der Waals surface area contributed by atoms with Crippen molar-refractivity contribution < 1.29 is 14.3 Å². The van der Waals surface area contributed by atoms with Gasteiger partial charge in [0.05, 0.1) is 36.8 Å². The van der Waals surface area contributed by atoms with Gasteiger partial charge in [0, 0.05) is 18.3 Å². The van der Waals surface area contributed by atoms with Crippen LogP contribution in [0, 0.1) is 0 Å². The fourth-order valence-electron chi connectivity index (χ4n) is 3.55. The first-order chi connectivity index (χ1) is 14.7. The molecule has 0 atom stereocenters. The SMILES string of the molecule is CCOC(=O)c1nc(CN2CCC(=O)N(Cc3ccccc3)c3ccccc32)cs1. The number of rotatable bonds is 6. The molecule has 154 valence electrons. The number of para-hydroxylation sites is 2. The molecule has 0 bridgehead atoms. The highest BCUT2D eigenvalue weighted by Gasteiger charge is 2.26. The van der Waals surface area contributed by atoms with Gasteiger partial charge in [-0.3, -0.25) is 4.79 Å². The molecule has 30 heavy (non-hydrogen) atoms.